The molecular weight excluding hydrogens is 216 g/mol. The van der Waals surface area contributed by atoms with Gasteiger partial charge in [0.05, 0.1) is 18.8 Å². The first-order valence-electron chi connectivity index (χ1n) is 6.84. The Labute approximate surface area is 104 Å². The van der Waals surface area contributed by atoms with Crippen LogP contribution >= 0.6 is 0 Å². The third kappa shape index (κ3) is 3.65. The van der Waals surface area contributed by atoms with Gasteiger partial charge in [-0.3, -0.25) is 0 Å². The Morgan fingerprint density at radius 1 is 1.53 bits per heavy atom. The molecule has 0 amide bonds. The topological polar surface area (TPSA) is 42.5 Å². The summed E-state index contributed by atoms with van der Waals surface area (Å²) in [5.41, 5.74) is 0.130. The summed E-state index contributed by atoms with van der Waals surface area (Å²) in [6.07, 6.45) is 4.84. The van der Waals surface area contributed by atoms with E-state index in [1.54, 1.807) is 0 Å². The standard InChI is InChI=1S/C13H26N2O2/c1-11(8-12-9-17-7-6-14-12)15-10-13(16-2)4-3-5-13/h11-12,14-15H,3-10H2,1-2H3. The molecule has 2 N–H and O–H groups in total. The molecule has 100 valence electrons. The second kappa shape index (κ2) is 6.14. The second-order valence-electron chi connectivity index (χ2n) is 5.48. The fourth-order valence-electron chi connectivity index (χ4n) is 2.67. The third-order valence-electron chi connectivity index (χ3n) is 4.11. The number of hydrogen-bond acceptors (Lipinski definition) is 4. The van der Waals surface area contributed by atoms with E-state index in [4.69, 9.17) is 9.47 Å². The van der Waals surface area contributed by atoms with Crippen molar-refractivity contribution in [3.05, 3.63) is 0 Å². The maximum absolute atomic E-state index is 5.61. The molecule has 2 rings (SSSR count). The van der Waals surface area contributed by atoms with Gasteiger partial charge >= 0.3 is 0 Å². The van der Waals surface area contributed by atoms with Gasteiger partial charge in [-0.1, -0.05) is 0 Å². The Morgan fingerprint density at radius 2 is 2.35 bits per heavy atom. The van der Waals surface area contributed by atoms with Gasteiger partial charge in [-0.05, 0) is 32.6 Å². The largest absolute Gasteiger partial charge is 0.379 e. The fourth-order valence-corrected chi connectivity index (χ4v) is 2.67. The molecule has 4 heteroatoms. The van der Waals surface area contributed by atoms with E-state index in [1.165, 1.54) is 19.3 Å². The highest BCUT2D eigenvalue weighted by Gasteiger charge is 2.36. The molecule has 0 radical (unpaired) electrons. The van der Waals surface area contributed by atoms with Crippen LogP contribution in [0.5, 0.6) is 0 Å². The minimum absolute atomic E-state index is 0.130. The van der Waals surface area contributed by atoms with Gasteiger partial charge in [0, 0.05) is 32.3 Å². The van der Waals surface area contributed by atoms with Gasteiger partial charge in [-0.2, -0.15) is 0 Å². The van der Waals surface area contributed by atoms with Crippen molar-refractivity contribution in [2.45, 2.75) is 50.3 Å². The molecule has 1 heterocycles. The fraction of sp³-hybridized carbons (Fsp3) is 1.00. The van der Waals surface area contributed by atoms with E-state index in [0.717, 1.165) is 32.7 Å². The van der Waals surface area contributed by atoms with E-state index < -0.39 is 0 Å². The average molecular weight is 242 g/mol. The third-order valence-corrected chi connectivity index (χ3v) is 4.11. The first-order valence-corrected chi connectivity index (χ1v) is 6.84. The van der Waals surface area contributed by atoms with Crippen molar-refractivity contribution < 1.29 is 9.47 Å². The quantitative estimate of drug-likeness (QED) is 0.726. The van der Waals surface area contributed by atoms with Crippen LogP contribution in [0.3, 0.4) is 0 Å². The normalized spacial score (nSPS) is 29.6. The first-order chi connectivity index (χ1) is 8.24. The van der Waals surface area contributed by atoms with E-state index >= 15 is 0 Å². The van der Waals surface area contributed by atoms with E-state index in [-0.39, 0.29) is 5.60 Å². The Balaban J connectivity index is 1.64. The second-order valence-corrected chi connectivity index (χ2v) is 5.48. The van der Waals surface area contributed by atoms with Gasteiger partial charge in [0.15, 0.2) is 0 Å². The number of hydrogen-bond donors (Lipinski definition) is 2. The molecule has 1 aliphatic carbocycles. The van der Waals surface area contributed by atoms with Crippen LogP contribution in [-0.4, -0.2) is 51.1 Å². The summed E-state index contributed by atoms with van der Waals surface area (Å²) < 4.78 is 11.1. The SMILES string of the molecule is COC1(CNC(C)CC2COCCN2)CCC1. The Kier molecular flexibility index (Phi) is 4.79. The predicted molar refractivity (Wildman–Crippen MR) is 68.3 cm³/mol. The minimum atomic E-state index is 0.130. The number of morpholine rings is 1. The number of methoxy groups -OCH3 is 1. The molecule has 17 heavy (non-hydrogen) atoms. The summed E-state index contributed by atoms with van der Waals surface area (Å²) in [5, 5.41) is 7.10. The van der Waals surface area contributed by atoms with E-state index in [2.05, 4.69) is 17.6 Å². The first kappa shape index (κ1) is 13.3. The number of ether oxygens (including phenoxy) is 2. The number of nitrogens with one attached hydrogen (secondary N) is 2. The highest BCUT2D eigenvalue weighted by molar-refractivity contribution is 4.92. The molecule has 1 aliphatic heterocycles. The summed E-state index contributed by atoms with van der Waals surface area (Å²) >= 11 is 0. The average Bonchev–Trinajstić information content (AvgIpc) is 2.29. The van der Waals surface area contributed by atoms with Gasteiger partial charge in [0.25, 0.3) is 0 Å². The molecule has 4 nitrogen and oxygen atoms in total. The summed E-state index contributed by atoms with van der Waals surface area (Å²) in [4.78, 5) is 0. The summed E-state index contributed by atoms with van der Waals surface area (Å²) in [7, 11) is 1.84. The van der Waals surface area contributed by atoms with Crippen molar-refractivity contribution in [3.63, 3.8) is 0 Å². The maximum atomic E-state index is 5.61. The van der Waals surface area contributed by atoms with Gasteiger partial charge in [-0.15, -0.1) is 0 Å². The monoisotopic (exact) mass is 242 g/mol. The lowest BCUT2D eigenvalue weighted by atomic mass is 9.80. The maximum Gasteiger partial charge on any atom is 0.0802 e. The summed E-state index contributed by atoms with van der Waals surface area (Å²) in [6, 6.07) is 1.02. The molecule has 2 aliphatic rings. The molecule has 2 fully saturated rings. The molecule has 0 aromatic carbocycles. The lowest BCUT2D eigenvalue weighted by Gasteiger charge is -2.41. The van der Waals surface area contributed by atoms with E-state index in [1.807, 2.05) is 7.11 Å². The van der Waals surface area contributed by atoms with Crippen molar-refractivity contribution in [1.29, 1.82) is 0 Å². The molecular formula is C13H26N2O2. The van der Waals surface area contributed by atoms with Crippen molar-refractivity contribution >= 4 is 0 Å². The minimum Gasteiger partial charge on any atom is -0.379 e. The van der Waals surface area contributed by atoms with Gasteiger partial charge in [-0.25, -0.2) is 0 Å². The zero-order valence-electron chi connectivity index (χ0n) is 11.1. The Morgan fingerprint density at radius 3 is 2.88 bits per heavy atom. The van der Waals surface area contributed by atoms with Crippen LogP contribution in [0.1, 0.15) is 32.6 Å². The molecule has 0 aromatic heterocycles. The zero-order valence-corrected chi connectivity index (χ0v) is 11.1. The Hall–Kier alpha value is -0.160. The lowest BCUT2D eigenvalue weighted by Crippen LogP contribution is -2.51. The van der Waals surface area contributed by atoms with Crippen LogP contribution in [0.2, 0.25) is 0 Å². The Bertz CT molecular complexity index is 220. The lowest BCUT2D eigenvalue weighted by molar-refractivity contribution is -0.0709. The van der Waals surface area contributed by atoms with E-state index in [9.17, 15) is 0 Å². The van der Waals surface area contributed by atoms with Crippen molar-refractivity contribution in [2.24, 2.45) is 0 Å². The van der Waals surface area contributed by atoms with Crippen molar-refractivity contribution in [2.75, 3.05) is 33.4 Å². The molecule has 0 spiro atoms. The molecule has 2 atom stereocenters. The van der Waals surface area contributed by atoms with Crippen LogP contribution in [0, 0.1) is 0 Å². The predicted octanol–water partition coefficient (Wildman–Crippen LogP) is 0.912. The van der Waals surface area contributed by atoms with Crippen LogP contribution in [0.25, 0.3) is 0 Å². The summed E-state index contributed by atoms with van der Waals surface area (Å²) in [6.45, 7) is 5.92. The van der Waals surface area contributed by atoms with Crippen LogP contribution in [0.4, 0.5) is 0 Å². The van der Waals surface area contributed by atoms with Crippen LogP contribution in [0.15, 0.2) is 0 Å². The van der Waals surface area contributed by atoms with Crippen molar-refractivity contribution in [3.8, 4) is 0 Å². The zero-order chi connectivity index (χ0) is 12.1. The highest BCUT2D eigenvalue weighted by Crippen LogP contribution is 2.34. The van der Waals surface area contributed by atoms with Crippen molar-refractivity contribution in [1.82, 2.24) is 10.6 Å². The molecule has 1 saturated heterocycles. The highest BCUT2D eigenvalue weighted by atomic mass is 16.5. The number of rotatable bonds is 6. The smallest absolute Gasteiger partial charge is 0.0802 e. The van der Waals surface area contributed by atoms with Gasteiger partial charge in [0.2, 0.25) is 0 Å². The van der Waals surface area contributed by atoms with Crippen LogP contribution < -0.4 is 10.6 Å². The molecule has 1 saturated carbocycles. The summed E-state index contributed by atoms with van der Waals surface area (Å²) in [5.74, 6) is 0. The van der Waals surface area contributed by atoms with Crippen LogP contribution in [-0.2, 0) is 9.47 Å². The molecule has 0 bridgehead atoms. The van der Waals surface area contributed by atoms with Gasteiger partial charge < -0.3 is 20.1 Å². The molecule has 0 aromatic rings. The molecule has 2 unspecified atom stereocenters. The van der Waals surface area contributed by atoms with Gasteiger partial charge in [0.1, 0.15) is 0 Å². The van der Waals surface area contributed by atoms with E-state index in [0.29, 0.717) is 12.1 Å².